The Labute approximate surface area is 121 Å². The molecule has 0 amide bonds. The summed E-state index contributed by atoms with van der Waals surface area (Å²) in [4.78, 5) is -0.00811. The number of ether oxygens (including phenoxy) is 1. The number of hydrogen-bond acceptors (Lipinski definition) is 5. The lowest BCUT2D eigenvalue weighted by atomic mass is 10.3. The molecule has 0 bridgehead atoms. The number of anilines is 1. The summed E-state index contributed by atoms with van der Waals surface area (Å²) in [6.07, 6.45) is 0. The van der Waals surface area contributed by atoms with E-state index in [1.165, 1.54) is 32.2 Å². The molecule has 0 saturated heterocycles. The lowest BCUT2D eigenvalue weighted by molar-refractivity contribution is 0.387. The number of aryl methyl sites for hydroxylation is 1. The number of hydrogen-bond donors (Lipinski definition) is 2. The fraction of sp³-hybridized carbons (Fsp3) is 0.231. The molecule has 0 fully saturated rings. The van der Waals surface area contributed by atoms with Gasteiger partial charge in [-0.25, -0.2) is 12.8 Å². The van der Waals surface area contributed by atoms with Crippen LogP contribution in [-0.2, 0) is 16.6 Å². The van der Waals surface area contributed by atoms with Crippen LogP contribution in [0.15, 0.2) is 33.6 Å². The molecule has 0 atom stereocenters. The molecule has 0 saturated carbocycles. The predicted octanol–water partition coefficient (Wildman–Crippen LogP) is 2.00. The van der Waals surface area contributed by atoms with Crippen LogP contribution in [0.25, 0.3) is 0 Å². The van der Waals surface area contributed by atoms with Crippen molar-refractivity contribution < 1.29 is 22.0 Å². The third-order valence-corrected chi connectivity index (χ3v) is 4.31. The van der Waals surface area contributed by atoms with Gasteiger partial charge in [0.2, 0.25) is 0 Å². The van der Waals surface area contributed by atoms with Crippen molar-refractivity contribution in [2.45, 2.75) is 18.4 Å². The summed E-state index contributed by atoms with van der Waals surface area (Å²) in [5.41, 5.74) is 5.60. The second kappa shape index (κ2) is 5.74. The van der Waals surface area contributed by atoms with E-state index in [1.54, 1.807) is 0 Å². The van der Waals surface area contributed by atoms with Gasteiger partial charge in [-0.15, -0.1) is 0 Å². The Bertz CT molecular complexity index is 756. The van der Waals surface area contributed by atoms with E-state index < -0.39 is 15.8 Å². The first kappa shape index (κ1) is 15.3. The monoisotopic (exact) mass is 314 g/mol. The average Bonchev–Trinajstić information content (AvgIpc) is 2.83. The van der Waals surface area contributed by atoms with Crippen LogP contribution in [0.2, 0.25) is 0 Å². The summed E-state index contributed by atoms with van der Waals surface area (Å²) >= 11 is 0. The van der Waals surface area contributed by atoms with E-state index in [4.69, 9.17) is 14.9 Å². The van der Waals surface area contributed by atoms with E-state index >= 15 is 0 Å². The van der Waals surface area contributed by atoms with Gasteiger partial charge >= 0.3 is 0 Å². The van der Waals surface area contributed by atoms with Crippen molar-refractivity contribution in [3.05, 3.63) is 41.6 Å². The largest absolute Gasteiger partial charge is 0.494 e. The second-order valence-corrected chi connectivity index (χ2v) is 5.94. The van der Waals surface area contributed by atoms with Gasteiger partial charge in [-0.1, -0.05) is 0 Å². The van der Waals surface area contributed by atoms with Crippen LogP contribution < -0.4 is 15.2 Å². The Balaban J connectivity index is 2.35. The van der Waals surface area contributed by atoms with E-state index in [0.717, 1.165) is 6.07 Å². The Morgan fingerprint density at radius 3 is 2.67 bits per heavy atom. The summed E-state index contributed by atoms with van der Waals surface area (Å²) in [5.74, 6) is -0.0336. The van der Waals surface area contributed by atoms with Gasteiger partial charge in [0.15, 0.2) is 11.6 Å². The van der Waals surface area contributed by atoms with Crippen molar-refractivity contribution in [1.82, 2.24) is 0 Å². The average molecular weight is 314 g/mol. The zero-order valence-corrected chi connectivity index (χ0v) is 12.3. The molecule has 6 nitrogen and oxygen atoms in total. The Morgan fingerprint density at radius 1 is 1.38 bits per heavy atom. The number of benzene rings is 1. The molecule has 0 radical (unpaired) electrons. The van der Waals surface area contributed by atoms with Gasteiger partial charge in [0, 0.05) is 12.1 Å². The second-order valence-electron chi connectivity index (χ2n) is 4.29. The molecule has 0 aliphatic rings. The number of methoxy groups -OCH3 is 1. The SMILES string of the molecule is COc1cc(NS(=O)(=O)c2cc(CN)oc2C)ccc1F. The molecule has 0 unspecified atom stereocenters. The first-order valence-electron chi connectivity index (χ1n) is 6.03. The molecule has 1 aromatic heterocycles. The molecular formula is C13H15FN2O4S. The molecule has 1 aromatic carbocycles. The molecule has 0 spiro atoms. The smallest absolute Gasteiger partial charge is 0.265 e. The highest BCUT2D eigenvalue weighted by atomic mass is 32.2. The minimum Gasteiger partial charge on any atom is -0.494 e. The fourth-order valence-corrected chi connectivity index (χ4v) is 3.08. The summed E-state index contributed by atoms with van der Waals surface area (Å²) in [7, 11) is -2.55. The Kier molecular flexibility index (Phi) is 4.19. The van der Waals surface area contributed by atoms with E-state index in [2.05, 4.69) is 4.72 Å². The highest BCUT2D eigenvalue weighted by Gasteiger charge is 2.21. The third-order valence-electron chi connectivity index (χ3n) is 2.82. The highest BCUT2D eigenvalue weighted by Crippen LogP contribution is 2.26. The maximum Gasteiger partial charge on any atom is 0.265 e. The molecule has 2 rings (SSSR count). The Morgan fingerprint density at radius 2 is 2.10 bits per heavy atom. The fourth-order valence-electron chi connectivity index (χ4n) is 1.83. The molecule has 8 heteroatoms. The van der Waals surface area contributed by atoms with Crippen molar-refractivity contribution in [2.24, 2.45) is 5.73 Å². The van der Waals surface area contributed by atoms with Crippen LogP contribution in [0, 0.1) is 12.7 Å². The van der Waals surface area contributed by atoms with Crippen molar-refractivity contribution in [1.29, 1.82) is 0 Å². The van der Waals surface area contributed by atoms with Crippen LogP contribution in [0.4, 0.5) is 10.1 Å². The first-order valence-corrected chi connectivity index (χ1v) is 7.51. The number of sulfonamides is 1. The van der Waals surface area contributed by atoms with E-state index in [9.17, 15) is 12.8 Å². The molecule has 114 valence electrons. The zero-order valence-electron chi connectivity index (χ0n) is 11.5. The topological polar surface area (TPSA) is 94.6 Å². The van der Waals surface area contributed by atoms with Gasteiger partial charge in [0.25, 0.3) is 10.0 Å². The lowest BCUT2D eigenvalue weighted by Gasteiger charge is -2.09. The van der Waals surface area contributed by atoms with E-state index in [0.29, 0.717) is 5.76 Å². The van der Waals surface area contributed by atoms with Crippen LogP contribution in [0.3, 0.4) is 0 Å². The Hall–Kier alpha value is -2.06. The molecule has 0 aliphatic heterocycles. The van der Waals surface area contributed by atoms with Gasteiger partial charge in [-0.05, 0) is 19.1 Å². The van der Waals surface area contributed by atoms with Crippen LogP contribution in [0.5, 0.6) is 5.75 Å². The number of furan rings is 1. The summed E-state index contributed by atoms with van der Waals surface area (Å²) < 4.78 is 50.3. The molecule has 21 heavy (non-hydrogen) atoms. The maximum absolute atomic E-state index is 13.3. The minimum atomic E-state index is -3.85. The van der Waals surface area contributed by atoms with Crippen molar-refractivity contribution in [2.75, 3.05) is 11.8 Å². The van der Waals surface area contributed by atoms with E-state index in [-0.39, 0.29) is 28.6 Å². The summed E-state index contributed by atoms with van der Waals surface area (Å²) in [5, 5.41) is 0. The van der Waals surface area contributed by atoms with Gasteiger partial charge < -0.3 is 14.9 Å². The predicted molar refractivity (Wildman–Crippen MR) is 75.1 cm³/mol. The van der Waals surface area contributed by atoms with E-state index in [1.807, 2.05) is 0 Å². The summed E-state index contributed by atoms with van der Waals surface area (Å²) in [6.45, 7) is 1.62. The van der Waals surface area contributed by atoms with Crippen molar-refractivity contribution in [3.8, 4) is 5.75 Å². The number of nitrogens with one attached hydrogen (secondary N) is 1. The van der Waals surface area contributed by atoms with Crippen molar-refractivity contribution >= 4 is 15.7 Å². The molecule has 3 N–H and O–H groups in total. The van der Waals surface area contributed by atoms with Crippen LogP contribution >= 0.6 is 0 Å². The zero-order chi connectivity index (χ0) is 15.6. The molecule has 1 heterocycles. The van der Waals surface area contributed by atoms with Gasteiger partial charge in [0.1, 0.15) is 16.4 Å². The molecule has 0 aliphatic carbocycles. The maximum atomic E-state index is 13.3. The molecule has 2 aromatic rings. The van der Waals surface area contributed by atoms with Gasteiger partial charge in [-0.3, -0.25) is 4.72 Å². The quantitative estimate of drug-likeness (QED) is 0.880. The first-order chi connectivity index (χ1) is 9.87. The standard InChI is InChI=1S/C13H15FN2O4S/c1-8-13(6-10(7-15)20-8)21(17,18)16-9-3-4-11(14)12(5-9)19-2/h3-6,16H,7,15H2,1-2H3. The van der Waals surface area contributed by atoms with Crippen LogP contribution in [0.1, 0.15) is 11.5 Å². The normalized spacial score (nSPS) is 11.4. The number of nitrogens with two attached hydrogens (primary N) is 1. The molecular weight excluding hydrogens is 299 g/mol. The van der Waals surface area contributed by atoms with Gasteiger partial charge in [-0.2, -0.15) is 0 Å². The van der Waals surface area contributed by atoms with Crippen molar-refractivity contribution in [3.63, 3.8) is 0 Å². The lowest BCUT2D eigenvalue weighted by Crippen LogP contribution is -2.13. The highest BCUT2D eigenvalue weighted by molar-refractivity contribution is 7.92. The number of rotatable bonds is 5. The van der Waals surface area contributed by atoms with Crippen LogP contribution in [-0.4, -0.2) is 15.5 Å². The number of halogens is 1. The summed E-state index contributed by atoms with van der Waals surface area (Å²) in [6, 6.07) is 5.03. The third kappa shape index (κ3) is 3.17. The minimum absolute atomic E-state index is 0.00811. The van der Waals surface area contributed by atoms with Gasteiger partial charge in [0.05, 0.1) is 19.3 Å².